The zero-order chi connectivity index (χ0) is 19.2. The van der Waals surface area contributed by atoms with Gasteiger partial charge < -0.3 is 5.32 Å². The van der Waals surface area contributed by atoms with Crippen molar-refractivity contribution < 1.29 is 9.72 Å². The lowest BCUT2D eigenvalue weighted by molar-refractivity contribution is -0.384. The van der Waals surface area contributed by atoms with Crippen LogP contribution in [0.5, 0.6) is 0 Å². The molecule has 0 unspecified atom stereocenters. The zero-order valence-electron chi connectivity index (χ0n) is 14.5. The van der Waals surface area contributed by atoms with Gasteiger partial charge in [-0.1, -0.05) is 48.6 Å². The smallest absolute Gasteiger partial charge is 0.270 e. The predicted molar refractivity (Wildman–Crippen MR) is 104 cm³/mol. The molecule has 0 radical (unpaired) electrons. The maximum absolute atomic E-state index is 12.7. The summed E-state index contributed by atoms with van der Waals surface area (Å²) in [5, 5.41) is 26.0. The lowest BCUT2D eigenvalue weighted by Gasteiger charge is -2.11. The summed E-state index contributed by atoms with van der Waals surface area (Å²) in [6.07, 6.45) is 0.716. The van der Waals surface area contributed by atoms with E-state index in [1.54, 1.807) is 0 Å². The molecule has 1 amide bonds. The molecule has 2 aromatic carbocycles. The van der Waals surface area contributed by atoms with Gasteiger partial charge in [0.25, 0.3) is 11.6 Å². The van der Waals surface area contributed by atoms with E-state index in [-0.39, 0.29) is 11.3 Å². The van der Waals surface area contributed by atoms with E-state index in [2.05, 4.69) is 20.8 Å². The molecule has 0 saturated heterocycles. The third-order valence-electron chi connectivity index (χ3n) is 3.77. The van der Waals surface area contributed by atoms with Gasteiger partial charge in [0.05, 0.1) is 10.5 Å². The highest BCUT2D eigenvalue weighted by atomic mass is 32.1. The van der Waals surface area contributed by atoms with Gasteiger partial charge in [0, 0.05) is 24.4 Å². The first-order valence-corrected chi connectivity index (χ1v) is 9.08. The third kappa shape index (κ3) is 4.64. The third-order valence-corrected chi connectivity index (χ3v) is 4.76. The summed E-state index contributed by atoms with van der Waals surface area (Å²) >= 11 is 1.27. The Morgan fingerprint density at radius 3 is 2.63 bits per heavy atom. The Labute approximate surface area is 159 Å². The van der Waals surface area contributed by atoms with E-state index in [1.165, 1.54) is 29.5 Å². The molecule has 1 aromatic heterocycles. The maximum atomic E-state index is 12.7. The lowest BCUT2D eigenvalue weighted by Crippen LogP contribution is -2.15. The van der Waals surface area contributed by atoms with Crippen LogP contribution in [0.1, 0.15) is 27.9 Å². The van der Waals surface area contributed by atoms with Crippen LogP contribution in [-0.2, 0) is 13.0 Å². The van der Waals surface area contributed by atoms with Crippen LogP contribution >= 0.6 is 11.3 Å². The molecule has 0 fully saturated rings. The number of nitro benzene ring substituents is 1. The van der Waals surface area contributed by atoms with Gasteiger partial charge in [0.1, 0.15) is 5.01 Å². The van der Waals surface area contributed by atoms with Gasteiger partial charge in [-0.15, -0.1) is 10.2 Å². The quantitative estimate of drug-likeness (QED) is 0.473. The summed E-state index contributed by atoms with van der Waals surface area (Å²) in [6, 6.07) is 13.8. The molecule has 3 rings (SSSR count). The predicted octanol–water partition coefficient (Wildman–Crippen LogP) is 3.87. The van der Waals surface area contributed by atoms with E-state index >= 15 is 0 Å². The number of amides is 1. The molecule has 27 heavy (non-hydrogen) atoms. The highest BCUT2D eigenvalue weighted by molar-refractivity contribution is 7.15. The number of hydrogen-bond donors (Lipinski definition) is 2. The monoisotopic (exact) mass is 383 g/mol. The molecule has 0 aliphatic heterocycles. The summed E-state index contributed by atoms with van der Waals surface area (Å²) in [5.74, 6) is -0.479. The maximum Gasteiger partial charge on any atom is 0.270 e. The van der Waals surface area contributed by atoms with Crippen molar-refractivity contribution in [3.05, 3.63) is 74.8 Å². The first kappa shape index (κ1) is 18.5. The number of aryl methyl sites for hydroxylation is 1. The number of nitrogens with zero attached hydrogens (tertiary/aromatic N) is 3. The van der Waals surface area contributed by atoms with E-state index in [0.29, 0.717) is 23.8 Å². The number of non-ortho nitro benzene ring substituents is 1. The zero-order valence-corrected chi connectivity index (χ0v) is 15.3. The van der Waals surface area contributed by atoms with Crippen molar-refractivity contribution in [2.75, 3.05) is 10.6 Å². The SMILES string of the molecule is CCc1nnc(NC(=O)c2cc([N+](=O)[O-])ccc2NCc2ccccc2)s1. The Morgan fingerprint density at radius 1 is 1.19 bits per heavy atom. The second-order valence-corrected chi connectivity index (χ2v) is 6.70. The van der Waals surface area contributed by atoms with Crippen LogP contribution in [0.2, 0.25) is 0 Å². The van der Waals surface area contributed by atoms with Crippen LogP contribution in [0.15, 0.2) is 48.5 Å². The summed E-state index contributed by atoms with van der Waals surface area (Å²) < 4.78 is 0. The molecular weight excluding hydrogens is 366 g/mol. The van der Waals surface area contributed by atoms with Gasteiger partial charge >= 0.3 is 0 Å². The summed E-state index contributed by atoms with van der Waals surface area (Å²) in [6.45, 7) is 2.43. The fraction of sp³-hybridized carbons (Fsp3) is 0.167. The van der Waals surface area contributed by atoms with E-state index in [1.807, 2.05) is 37.3 Å². The van der Waals surface area contributed by atoms with Crippen LogP contribution in [0.3, 0.4) is 0 Å². The Morgan fingerprint density at radius 2 is 1.96 bits per heavy atom. The van der Waals surface area contributed by atoms with Gasteiger partial charge in [-0.25, -0.2) is 0 Å². The molecule has 3 aromatic rings. The number of nitro groups is 1. The molecule has 1 heterocycles. The number of hydrogen-bond acceptors (Lipinski definition) is 7. The number of anilines is 2. The fourth-order valence-electron chi connectivity index (χ4n) is 2.39. The van der Waals surface area contributed by atoms with E-state index in [0.717, 1.165) is 10.6 Å². The highest BCUT2D eigenvalue weighted by Crippen LogP contribution is 2.25. The molecule has 8 nitrogen and oxygen atoms in total. The Balaban J connectivity index is 1.84. The number of aromatic nitrogens is 2. The normalized spacial score (nSPS) is 10.4. The van der Waals surface area contributed by atoms with Crippen molar-refractivity contribution in [2.45, 2.75) is 19.9 Å². The van der Waals surface area contributed by atoms with Crippen molar-refractivity contribution in [3.8, 4) is 0 Å². The average Bonchev–Trinajstić information content (AvgIpc) is 3.14. The molecule has 9 heteroatoms. The molecule has 0 bridgehead atoms. The molecule has 2 N–H and O–H groups in total. The number of carbonyl (C=O) groups is 1. The summed E-state index contributed by atoms with van der Waals surface area (Å²) in [5.41, 5.74) is 1.55. The minimum atomic E-state index is -0.530. The molecule has 0 aliphatic carbocycles. The molecular formula is C18H17N5O3S. The van der Waals surface area contributed by atoms with Gasteiger partial charge in [-0.05, 0) is 18.1 Å². The Hall–Kier alpha value is -3.33. The van der Waals surface area contributed by atoms with E-state index in [4.69, 9.17) is 0 Å². The second kappa shape index (κ2) is 8.37. The number of carbonyl (C=O) groups excluding carboxylic acids is 1. The number of benzene rings is 2. The van der Waals surface area contributed by atoms with Crippen LogP contribution < -0.4 is 10.6 Å². The van der Waals surface area contributed by atoms with E-state index < -0.39 is 10.8 Å². The van der Waals surface area contributed by atoms with Crippen LogP contribution in [0.25, 0.3) is 0 Å². The van der Waals surface area contributed by atoms with Crippen LogP contribution in [0, 0.1) is 10.1 Å². The fourth-order valence-corrected chi connectivity index (χ4v) is 3.07. The average molecular weight is 383 g/mol. The molecule has 0 saturated carbocycles. The van der Waals surface area contributed by atoms with Crippen LogP contribution in [-0.4, -0.2) is 21.0 Å². The Bertz CT molecular complexity index is 959. The Kier molecular flexibility index (Phi) is 5.72. The van der Waals surface area contributed by atoms with Gasteiger partial charge in [-0.3, -0.25) is 20.2 Å². The van der Waals surface area contributed by atoms with Crippen molar-refractivity contribution in [2.24, 2.45) is 0 Å². The lowest BCUT2D eigenvalue weighted by atomic mass is 10.1. The number of rotatable bonds is 7. The second-order valence-electron chi connectivity index (χ2n) is 5.63. The first-order valence-electron chi connectivity index (χ1n) is 8.26. The molecule has 0 aliphatic rings. The summed E-state index contributed by atoms with van der Waals surface area (Å²) in [4.78, 5) is 23.3. The number of nitrogens with one attached hydrogen (secondary N) is 2. The van der Waals surface area contributed by atoms with Crippen molar-refractivity contribution in [1.82, 2.24) is 10.2 Å². The minimum Gasteiger partial charge on any atom is -0.380 e. The standard InChI is InChI=1S/C18H17N5O3S/c1-2-16-21-22-18(27-16)20-17(24)14-10-13(23(25)26)8-9-15(14)19-11-12-6-4-3-5-7-12/h3-10,19H,2,11H2,1H3,(H,20,22,24). The first-order chi connectivity index (χ1) is 13.1. The summed E-state index contributed by atoms with van der Waals surface area (Å²) in [7, 11) is 0. The van der Waals surface area contributed by atoms with E-state index in [9.17, 15) is 14.9 Å². The van der Waals surface area contributed by atoms with Crippen molar-refractivity contribution in [3.63, 3.8) is 0 Å². The molecule has 0 spiro atoms. The largest absolute Gasteiger partial charge is 0.380 e. The van der Waals surface area contributed by atoms with Crippen LogP contribution in [0.4, 0.5) is 16.5 Å². The molecule has 0 atom stereocenters. The topological polar surface area (TPSA) is 110 Å². The highest BCUT2D eigenvalue weighted by Gasteiger charge is 2.18. The van der Waals surface area contributed by atoms with Crippen molar-refractivity contribution in [1.29, 1.82) is 0 Å². The van der Waals surface area contributed by atoms with Crippen molar-refractivity contribution >= 4 is 33.8 Å². The molecule has 138 valence electrons. The van der Waals surface area contributed by atoms with Gasteiger partial charge in [-0.2, -0.15) is 0 Å². The minimum absolute atomic E-state index is 0.156. The van der Waals surface area contributed by atoms with Gasteiger partial charge in [0.2, 0.25) is 5.13 Å². The van der Waals surface area contributed by atoms with Gasteiger partial charge in [0.15, 0.2) is 0 Å².